The molecule has 6 heteroatoms. The molecule has 1 unspecified atom stereocenters. The van der Waals surface area contributed by atoms with Crippen LogP contribution in [-0.4, -0.2) is 33.0 Å². The normalized spacial score (nSPS) is 11.3. The van der Waals surface area contributed by atoms with E-state index in [0.717, 1.165) is 5.56 Å². The van der Waals surface area contributed by atoms with Gasteiger partial charge in [0.15, 0.2) is 0 Å². The molecule has 2 aromatic heterocycles. The molecule has 3 N–H and O–H groups in total. The molecule has 1 amide bonds. The molecule has 0 spiro atoms. The maximum Gasteiger partial charge on any atom is 0.270 e. The minimum Gasteiger partial charge on any atom is -0.346 e. The molecule has 0 aliphatic heterocycles. The summed E-state index contributed by atoms with van der Waals surface area (Å²) >= 11 is 0. The molecule has 2 heterocycles. The Morgan fingerprint density at radius 2 is 2.38 bits per heavy atom. The molecular weight excluding hydrogens is 266 g/mol. The van der Waals surface area contributed by atoms with E-state index in [1.54, 1.807) is 30.9 Å². The summed E-state index contributed by atoms with van der Waals surface area (Å²) in [5.41, 5.74) is 6.41. The monoisotopic (exact) mass is 283 g/mol. The van der Waals surface area contributed by atoms with Crippen molar-refractivity contribution in [2.75, 3.05) is 6.54 Å². The molecule has 0 saturated carbocycles. The number of amides is 1. The second kappa shape index (κ2) is 7.22. The van der Waals surface area contributed by atoms with Crippen LogP contribution in [0.25, 0.3) is 0 Å². The fraction of sp³-hybridized carbons (Fsp3) is 0.267. The fourth-order valence-corrected chi connectivity index (χ4v) is 1.81. The van der Waals surface area contributed by atoms with Crippen LogP contribution in [0.4, 0.5) is 0 Å². The SMILES string of the molecule is CC(Cn1ccnc1)NC(=O)c1ccc(C#CCN)cn1. The van der Waals surface area contributed by atoms with Crippen LogP contribution >= 0.6 is 0 Å². The fourth-order valence-electron chi connectivity index (χ4n) is 1.81. The number of carbonyl (C=O) groups excluding carboxylic acids is 1. The zero-order chi connectivity index (χ0) is 15.1. The maximum atomic E-state index is 12.1. The first-order valence-electron chi connectivity index (χ1n) is 6.60. The van der Waals surface area contributed by atoms with Gasteiger partial charge in [0, 0.05) is 36.7 Å². The van der Waals surface area contributed by atoms with E-state index in [4.69, 9.17) is 5.73 Å². The molecule has 108 valence electrons. The summed E-state index contributed by atoms with van der Waals surface area (Å²) in [7, 11) is 0. The number of nitrogens with two attached hydrogens (primary N) is 1. The van der Waals surface area contributed by atoms with Gasteiger partial charge in [0.05, 0.1) is 12.9 Å². The maximum absolute atomic E-state index is 12.1. The molecule has 0 aliphatic carbocycles. The predicted molar refractivity (Wildman–Crippen MR) is 79.3 cm³/mol. The highest BCUT2D eigenvalue weighted by Gasteiger charge is 2.11. The number of pyridine rings is 1. The summed E-state index contributed by atoms with van der Waals surface area (Å²) in [5, 5.41) is 2.89. The van der Waals surface area contributed by atoms with Crippen LogP contribution in [-0.2, 0) is 6.54 Å². The summed E-state index contributed by atoms with van der Waals surface area (Å²) in [6.45, 7) is 2.89. The van der Waals surface area contributed by atoms with Crippen molar-refractivity contribution in [3.8, 4) is 11.8 Å². The van der Waals surface area contributed by atoms with E-state index >= 15 is 0 Å². The van der Waals surface area contributed by atoms with Crippen molar-refractivity contribution in [3.05, 3.63) is 48.3 Å². The molecule has 1 atom stereocenters. The first-order valence-corrected chi connectivity index (χ1v) is 6.60. The Balaban J connectivity index is 1.93. The Hall–Kier alpha value is -2.65. The second-order valence-corrected chi connectivity index (χ2v) is 4.57. The van der Waals surface area contributed by atoms with Gasteiger partial charge in [0.1, 0.15) is 5.69 Å². The molecule has 0 saturated heterocycles. The van der Waals surface area contributed by atoms with Crippen LogP contribution in [0.3, 0.4) is 0 Å². The van der Waals surface area contributed by atoms with Gasteiger partial charge in [-0.1, -0.05) is 11.8 Å². The first kappa shape index (κ1) is 14.8. The van der Waals surface area contributed by atoms with Gasteiger partial charge in [-0.2, -0.15) is 0 Å². The van der Waals surface area contributed by atoms with E-state index in [1.165, 1.54) is 0 Å². The van der Waals surface area contributed by atoms with Crippen molar-refractivity contribution >= 4 is 5.91 Å². The van der Waals surface area contributed by atoms with Crippen molar-refractivity contribution in [1.29, 1.82) is 0 Å². The molecule has 0 fully saturated rings. The highest BCUT2D eigenvalue weighted by Crippen LogP contribution is 2.00. The number of nitrogens with one attached hydrogen (secondary N) is 1. The standard InChI is InChI=1S/C15H17N5O/c1-12(10-20-8-7-17-11-20)19-15(21)14-5-4-13(9-18-14)3-2-6-16/h4-5,7-9,11-12H,6,10,16H2,1H3,(H,19,21). The Kier molecular flexibility index (Phi) is 5.07. The van der Waals surface area contributed by atoms with Gasteiger partial charge >= 0.3 is 0 Å². The average Bonchev–Trinajstić information content (AvgIpc) is 2.98. The number of nitrogens with zero attached hydrogens (tertiary/aromatic N) is 3. The highest BCUT2D eigenvalue weighted by atomic mass is 16.1. The van der Waals surface area contributed by atoms with Gasteiger partial charge in [-0.05, 0) is 19.1 Å². The quantitative estimate of drug-likeness (QED) is 0.796. The number of rotatable bonds is 4. The highest BCUT2D eigenvalue weighted by molar-refractivity contribution is 5.92. The minimum atomic E-state index is -0.207. The second-order valence-electron chi connectivity index (χ2n) is 4.57. The van der Waals surface area contributed by atoms with Crippen molar-refractivity contribution in [3.63, 3.8) is 0 Å². The molecule has 21 heavy (non-hydrogen) atoms. The number of carbonyl (C=O) groups is 1. The lowest BCUT2D eigenvalue weighted by Crippen LogP contribution is -2.35. The van der Waals surface area contributed by atoms with Crippen LogP contribution in [0, 0.1) is 11.8 Å². The molecule has 2 aromatic rings. The van der Waals surface area contributed by atoms with Crippen LogP contribution in [0.2, 0.25) is 0 Å². The van der Waals surface area contributed by atoms with Crippen molar-refractivity contribution in [2.24, 2.45) is 5.73 Å². The molecule has 2 rings (SSSR count). The van der Waals surface area contributed by atoms with E-state index in [1.807, 2.05) is 17.7 Å². The van der Waals surface area contributed by atoms with E-state index in [9.17, 15) is 4.79 Å². The summed E-state index contributed by atoms with van der Waals surface area (Å²) in [6.07, 6.45) is 6.84. The van der Waals surface area contributed by atoms with Crippen molar-refractivity contribution in [2.45, 2.75) is 19.5 Å². The van der Waals surface area contributed by atoms with E-state index < -0.39 is 0 Å². The van der Waals surface area contributed by atoms with Crippen molar-refractivity contribution < 1.29 is 4.79 Å². The summed E-state index contributed by atoms with van der Waals surface area (Å²) < 4.78 is 1.91. The average molecular weight is 283 g/mol. The summed E-state index contributed by atoms with van der Waals surface area (Å²) in [5.74, 6) is 5.39. The number of imidazole rings is 1. The molecule has 0 aliphatic rings. The number of hydrogen-bond donors (Lipinski definition) is 2. The summed E-state index contributed by atoms with van der Waals surface area (Å²) in [6, 6.07) is 3.38. The number of hydrogen-bond acceptors (Lipinski definition) is 4. The third kappa shape index (κ3) is 4.44. The van der Waals surface area contributed by atoms with Crippen LogP contribution < -0.4 is 11.1 Å². The van der Waals surface area contributed by atoms with E-state index in [-0.39, 0.29) is 11.9 Å². The van der Waals surface area contributed by atoms with Crippen LogP contribution in [0.1, 0.15) is 23.0 Å². The third-order valence-corrected chi connectivity index (χ3v) is 2.75. The lowest BCUT2D eigenvalue weighted by molar-refractivity contribution is 0.0931. The largest absolute Gasteiger partial charge is 0.346 e. The molecule has 0 radical (unpaired) electrons. The number of aromatic nitrogens is 3. The lowest BCUT2D eigenvalue weighted by Gasteiger charge is -2.14. The Bertz CT molecular complexity index is 637. The Labute approximate surface area is 123 Å². The Morgan fingerprint density at radius 3 is 3.00 bits per heavy atom. The zero-order valence-corrected chi connectivity index (χ0v) is 11.8. The minimum absolute atomic E-state index is 0.0230. The van der Waals surface area contributed by atoms with Crippen LogP contribution in [0.15, 0.2) is 37.1 Å². The topological polar surface area (TPSA) is 85.8 Å². The third-order valence-electron chi connectivity index (χ3n) is 2.75. The van der Waals surface area contributed by atoms with E-state index in [2.05, 4.69) is 27.1 Å². The van der Waals surface area contributed by atoms with Gasteiger partial charge in [-0.15, -0.1) is 0 Å². The van der Waals surface area contributed by atoms with Gasteiger partial charge in [-0.25, -0.2) is 9.97 Å². The first-order chi connectivity index (χ1) is 10.2. The van der Waals surface area contributed by atoms with Gasteiger partial charge in [0.25, 0.3) is 5.91 Å². The molecule has 0 bridgehead atoms. The molecule has 0 aromatic carbocycles. The Morgan fingerprint density at radius 1 is 1.52 bits per heavy atom. The molecular formula is C15H17N5O. The van der Waals surface area contributed by atoms with Crippen molar-refractivity contribution in [1.82, 2.24) is 19.9 Å². The van der Waals surface area contributed by atoms with Gasteiger partial charge in [-0.3, -0.25) is 4.79 Å². The van der Waals surface area contributed by atoms with E-state index in [0.29, 0.717) is 18.8 Å². The molecule has 6 nitrogen and oxygen atoms in total. The van der Waals surface area contributed by atoms with Gasteiger partial charge in [0.2, 0.25) is 0 Å². The lowest BCUT2D eigenvalue weighted by atomic mass is 10.2. The van der Waals surface area contributed by atoms with Crippen LogP contribution in [0.5, 0.6) is 0 Å². The predicted octanol–water partition coefficient (Wildman–Crippen LogP) is 0.407. The zero-order valence-electron chi connectivity index (χ0n) is 11.8. The summed E-state index contributed by atoms with van der Waals surface area (Å²) in [4.78, 5) is 20.1. The smallest absolute Gasteiger partial charge is 0.270 e. The van der Waals surface area contributed by atoms with Gasteiger partial charge < -0.3 is 15.6 Å².